The predicted molar refractivity (Wildman–Crippen MR) is 160 cm³/mol. The van der Waals surface area contributed by atoms with Gasteiger partial charge in [-0.2, -0.15) is 0 Å². The molecule has 3 aromatic carbocycles. The molecule has 1 fully saturated rings. The van der Waals surface area contributed by atoms with E-state index in [1.54, 1.807) is 48.7 Å². The second-order valence-electron chi connectivity index (χ2n) is 8.94. The van der Waals surface area contributed by atoms with Crippen molar-refractivity contribution in [2.75, 3.05) is 36.2 Å². The van der Waals surface area contributed by atoms with Gasteiger partial charge in [0.2, 0.25) is 5.91 Å². The number of hydrogen-bond donors (Lipinski definition) is 5. The van der Waals surface area contributed by atoms with E-state index in [0.717, 1.165) is 23.7 Å². The fraction of sp³-hybridized carbons (Fsp3) is 0.172. The number of thiol groups is 1. The highest BCUT2D eigenvalue weighted by molar-refractivity contribution is 7.80. The van der Waals surface area contributed by atoms with Crippen molar-refractivity contribution in [3.8, 4) is 0 Å². The van der Waals surface area contributed by atoms with Crippen LogP contribution in [0.4, 0.5) is 11.5 Å². The zero-order valence-corrected chi connectivity index (χ0v) is 22.3. The summed E-state index contributed by atoms with van der Waals surface area (Å²) in [6, 6.07) is 23.3. The van der Waals surface area contributed by atoms with Crippen LogP contribution in [-0.4, -0.2) is 37.2 Å². The van der Waals surface area contributed by atoms with E-state index in [2.05, 4.69) is 22.5 Å². The smallest absolute Gasteiger partial charge is 0.248 e. The lowest BCUT2D eigenvalue weighted by molar-refractivity contribution is 0.100. The Balaban J connectivity index is 0.000000438. The van der Waals surface area contributed by atoms with E-state index in [0.29, 0.717) is 53.2 Å². The molecule has 1 amide bonds. The summed E-state index contributed by atoms with van der Waals surface area (Å²) in [5.74, 6) is 6.39. The third-order valence-electron chi connectivity index (χ3n) is 6.21. The Morgan fingerprint density at radius 1 is 0.974 bits per heavy atom. The molecule has 7 N–H and O–H groups in total. The van der Waals surface area contributed by atoms with Gasteiger partial charge in [0.15, 0.2) is 5.43 Å². The summed E-state index contributed by atoms with van der Waals surface area (Å²) in [5, 5.41) is 1.90. The van der Waals surface area contributed by atoms with E-state index < -0.39 is 5.91 Å². The van der Waals surface area contributed by atoms with Crippen LogP contribution in [0, 0.1) is 0 Å². The van der Waals surface area contributed by atoms with Crippen molar-refractivity contribution in [3.05, 3.63) is 106 Å². The van der Waals surface area contributed by atoms with Crippen LogP contribution >= 0.6 is 12.6 Å². The van der Waals surface area contributed by atoms with Crippen LogP contribution in [0.3, 0.4) is 0 Å². The Bertz CT molecular complexity index is 1500. The van der Waals surface area contributed by atoms with Crippen LogP contribution in [0.5, 0.6) is 0 Å². The zero-order valence-electron chi connectivity index (χ0n) is 21.4. The van der Waals surface area contributed by atoms with E-state index in [1.165, 1.54) is 5.01 Å². The molecule has 1 saturated heterocycles. The molecular weight excluding hydrogens is 512 g/mol. The Kier molecular flexibility index (Phi) is 9.27. The van der Waals surface area contributed by atoms with Gasteiger partial charge >= 0.3 is 0 Å². The van der Waals surface area contributed by atoms with Gasteiger partial charge in [-0.15, -0.1) is 12.6 Å². The maximum Gasteiger partial charge on any atom is 0.248 e. The average Bonchev–Trinajstić information content (AvgIpc) is 3.23. The Hall–Kier alpha value is -4.25. The molecular formula is C29H32N6O3S. The highest BCUT2D eigenvalue weighted by Gasteiger charge is 2.15. The zero-order chi connectivity index (χ0) is 27.8. The van der Waals surface area contributed by atoms with Crippen molar-refractivity contribution in [1.29, 1.82) is 0 Å². The molecule has 2 heterocycles. The molecule has 0 saturated carbocycles. The minimum Gasteiger partial charge on any atom is -0.397 e. The second kappa shape index (κ2) is 13.0. The van der Waals surface area contributed by atoms with E-state index in [-0.39, 0.29) is 5.43 Å². The first-order valence-electron chi connectivity index (χ1n) is 12.5. The molecule has 0 aliphatic carbocycles. The summed E-state index contributed by atoms with van der Waals surface area (Å²) >= 11 is 4.08. The lowest BCUT2D eigenvalue weighted by Gasteiger charge is -2.22. The number of H-pyrrole nitrogens is 1. The third-order valence-corrected chi connectivity index (χ3v) is 6.51. The minimum absolute atomic E-state index is 0.0831. The Morgan fingerprint density at radius 3 is 2.38 bits per heavy atom. The molecule has 9 nitrogen and oxygen atoms in total. The molecule has 1 aliphatic heterocycles. The number of carbonyl (C=O) groups is 1. The number of fused-ring (bicyclic) bond motifs is 1. The van der Waals surface area contributed by atoms with E-state index in [1.807, 2.05) is 36.4 Å². The van der Waals surface area contributed by atoms with Gasteiger partial charge in [0.05, 0.1) is 23.5 Å². The molecule has 0 atom stereocenters. The molecule has 0 radical (unpaired) electrons. The van der Waals surface area contributed by atoms with Crippen molar-refractivity contribution < 1.29 is 9.53 Å². The van der Waals surface area contributed by atoms with Crippen LogP contribution in [0.1, 0.15) is 22.3 Å². The number of anilines is 2. The molecule has 0 unspecified atom stereocenters. The lowest BCUT2D eigenvalue weighted by Crippen LogP contribution is -2.28. The second-order valence-corrected chi connectivity index (χ2v) is 9.45. The van der Waals surface area contributed by atoms with Crippen LogP contribution in [0.15, 0.2) is 94.8 Å². The maximum absolute atomic E-state index is 12.8. The number of hydrogen-bond acceptors (Lipinski definition) is 8. The number of primary amides is 1. The summed E-state index contributed by atoms with van der Waals surface area (Å²) in [7, 11) is 0. The van der Waals surface area contributed by atoms with Gasteiger partial charge in [-0.25, -0.2) is 5.84 Å². The van der Waals surface area contributed by atoms with Crippen molar-refractivity contribution in [2.45, 2.75) is 11.3 Å². The number of amides is 1. The number of rotatable bonds is 5. The average molecular weight is 545 g/mol. The van der Waals surface area contributed by atoms with Gasteiger partial charge in [-0.1, -0.05) is 30.3 Å². The van der Waals surface area contributed by atoms with Gasteiger partial charge < -0.3 is 26.1 Å². The van der Waals surface area contributed by atoms with E-state index >= 15 is 0 Å². The fourth-order valence-corrected chi connectivity index (χ4v) is 4.35. The normalized spacial score (nSPS) is 13.8. The van der Waals surface area contributed by atoms with Crippen molar-refractivity contribution >= 4 is 46.6 Å². The van der Waals surface area contributed by atoms with Gasteiger partial charge in [-0.3, -0.25) is 14.6 Å². The first kappa shape index (κ1) is 27.8. The minimum atomic E-state index is -0.512. The Morgan fingerprint density at radius 2 is 1.72 bits per heavy atom. The molecule has 1 aromatic heterocycles. The maximum atomic E-state index is 12.8. The number of aromatic amines is 1. The predicted octanol–water partition coefficient (Wildman–Crippen LogP) is 3.47. The largest absolute Gasteiger partial charge is 0.397 e. The number of hydrazine groups is 1. The van der Waals surface area contributed by atoms with Crippen LogP contribution in [-0.2, 0) is 4.74 Å². The summed E-state index contributed by atoms with van der Waals surface area (Å²) in [6.45, 7) is 2.82. The topological polar surface area (TPSA) is 144 Å². The number of nitrogens with two attached hydrogens (primary N) is 3. The molecule has 0 bridgehead atoms. The lowest BCUT2D eigenvalue weighted by atomic mass is 10.1. The van der Waals surface area contributed by atoms with Crippen LogP contribution in [0.25, 0.3) is 16.6 Å². The first-order chi connectivity index (χ1) is 18.8. The van der Waals surface area contributed by atoms with Gasteiger partial charge in [-0.05, 0) is 48.9 Å². The van der Waals surface area contributed by atoms with Crippen molar-refractivity contribution in [3.63, 3.8) is 0 Å². The fourth-order valence-electron chi connectivity index (χ4n) is 4.18. The third kappa shape index (κ3) is 7.20. The highest BCUT2D eigenvalue weighted by Crippen LogP contribution is 2.23. The van der Waals surface area contributed by atoms with Crippen LogP contribution < -0.4 is 32.6 Å². The highest BCUT2D eigenvalue weighted by atomic mass is 32.1. The van der Waals surface area contributed by atoms with Crippen molar-refractivity contribution in [2.24, 2.45) is 17.3 Å². The van der Waals surface area contributed by atoms with Crippen molar-refractivity contribution in [1.82, 2.24) is 4.98 Å². The first-order valence-corrected chi connectivity index (χ1v) is 12.9. The van der Waals surface area contributed by atoms with Gasteiger partial charge in [0.1, 0.15) is 5.82 Å². The summed E-state index contributed by atoms with van der Waals surface area (Å²) < 4.78 is 5.52. The standard InChI is InChI=1S/C23H26N6O3.C6H6S/c24-19(14-29(26)16-7-5-15(6-8-16)23(25)31)17-3-1-4-18-20(30)13-21(27-22(17)18)28-9-2-11-32-12-10-28;7-6-4-2-1-3-5-6/h1,3-8,13-14H,2,9-12,24,26H2,(H2,25,31)(H,27,30);1-5,7H/b19-14-;. The number of aromatic nitrogens is 1. The van der Waals surface area contributed by atoms with Gasteiger partial charge in [0.25, 0.3) is 0 Å². The molecule has 39 heavy (non-hydrogen) atoms. The molecule has 5 rings (SSSR count). The molecule has 10 heteroatoms. The van der Waals surface area contributed by atoms with E-state index in [9.17, 15) is 9.59 Å². The quantitative estimate of drug-likeness (QED) is 0.147. The number of nitrogens with zero attached hydrogens (tertiary/aromatic N) is 2. The summed E-state index contributed by atoms with van der Waals surface area (Å²) in [6.07, 6.45) is 2.46. The number of ether oxygens (including phenoxy) is 1. The Labute approximate surface area is 232 Å². The monoisotopic (exact) mass is 544 g/mol. The number of benzene rings is 3. The molecule has 0 spiro atoms. The van der Waals surface area contributed by atoms with E-state index in [4.69, 9.17) is 22.0 Å². The SMILES string of the molecule is NC(=O)c1ccc(N(N)/C=C(\N)c2cccc3c(=O)cc(N4CCCOCC4)[nH]c23)cc1.Sc1ccccc1. The number of nitrogens with one attached hydrogen (secondary N) is 1. The molecule has 202 valence electrons. The summed E-state index contributed by atoms with van der Waals surface area (Å²) in [5.41, 5.74) is 14.3. The molecule has 1 aliphatic rings. The van der Waals surface area contributed by atoms with Crippen LogP contribution in [0.2, 0.25) is 0 Å². The molecule has 4 aromatic rings. The summed E-state index contributed by atoms with van der Waals surface area (Å²) in [4.78, 5) is 30.6. The van der Waals surface area contributed by atoms with Gasteiger partial charge in [0, 0.05) is 53.4 Å². The number of pyridine rings is 1. The number of carbonyl (C=O) groups excluding carboxylic acids is 1. The number of para-hydroxylation sites is 1.